The molecular formula is C25H23N3O4S. The van der Waals surface area contributed by atoms with Gasteiger partial charge in [-0.15, -0.1) is 0 Å². The lowest BCUT2D eigenvalue weighted by atomic mass is 9.98. The predicted octanol–water partition coefficient (Wildman–Crippen LogP) is 4.37. The van der Waals surface area contributed by atoms with Gasteiger partial charge in [0.05, 0.1) is 16.4 Å². The second kappa shape index (κ2) is 8.96. The Labute approximate surface area is 193 Å². The van der Waals surface area contributed by atoms with Crippen LogP contribution in [0.15, 0.2) is 77.7 Å². The Kier molecular flexibility index (Phi) is 6.07. The molecule has 0 atom stereocenters. The fraction of sp³-hybridized carbons (Fsp3) is 0.200. The molecule has 1 fully saturated rings. The first-order valence-corrected chi connectivity index (χ1v) is 11.9. The Morgan fingerprint density at radius 1 is 1.03 bits per heavy atom. The maximum atomic E-state index is 12.6. The summed E-state index contributed by atoms with van der Waals surface area (Å²) in [5.74, 6) is 0.0293. The van der Waals surface area contributed by atoms with Crippen LogP contribution in [0.5, 0.6) is 5.75 Å². The Hall–Kier alpha value is -3.83. The molecule has 3 aromatic rings. The number of amides is 1. The van der Waals surface area contributed by atoms with Crippen LogP contribution < -0.4 is 14.8 Å². The molecule has 1 aliphatic rings. The Morgan fingerprint density at radius 3 is 2.33 bits per heavy atom. The quantitative estimate of drug-likeness (QED) is 0.518. The molecule has 0 heterocycles. The summed E-state index contributed by atoms with van der Waals surface area (Å²) >= 11 is 0. The zero-order valence-corrected chi connectivity index (χ0v) is 18.9. The summed E-state index contributed by atoms with van der Waals surface area (Å²) in [6, 6.07) is 22.5. The predicted molar refractivity (Wildman–Crippen MR) is 126 cm³/mol. The lowest BCUT2D eigenvalue weighted by Gasteiger charge is -2.11. The van der Waals surface area contributed by atoms with Gasteiger partial charge in [-0.05, 0) is 79.4 Å². The summed E-state index contributed by atoms with van der Waals surface area (Å²) < 4.78 is 33.2. The van der Waals surface area contributed by atoms with Crippen LogP contribution in [0, 0.1) is 18.3 Å². The number of anilines is 2. The average molecular weight is 462 g/mol. The minimum absolute atomic E-state index is 0.0895. The van der Waals surface area contributed by atoms with Gasteiger partial charge in [0, 0.05) is 11.4 Å². The van der Waals surface area contributed by atoms with Crippen LogP contribution >= 0.6 is 0 Å². The summed E-state index contributed by atoms with van der Waals surface area (Å²) in [7, 11) is -3.74. The van der Waals surface area contributed by atoms with E-state index in [9.17, 15) is 18.5 Å². The van der Waals surface area contributed by atoms with Gasteiger partial charge < -0.3 is 10.1 Å². The van der Waals surface area contributed by atoms with Crippen molar-refractivity contribution in [3.05, 3.63) is 83.9 Å². The highest BCUT2D eigenvalue weighted by atomic mass is 32.2. The first-order valence-electron chi connectivity index (χ1n) is 10.4. The first kappa shape index (κ1) is 22.4. The van der Waals surface area contributed by atoms with Gasteiger partial charge >= 0.3 is 0 Å². The van der Waals surface area contributed by atoms with Crippen molar-refractivity contribution in [3.8, 4) is 11.8 Å². The normalized spacial score (nSPS) is 14.1. The number of carbonyl (C=O) groups excluding carboxylic acids is 1. The molecule has 1 aliphatic carbocycles. The number of carbonyl (C=O) groups is 1. The molecule has 4 rings (SSSR count). The molecule has 0 radical (unpaired) electrons. The van der Waals surface area contributed by atoms with E-state index in [0.717, 1.165) is 24.0 Å². The molecule has 0 aliphatic heterocycles. The number of nitriles is 1. The SMILES string of the molecule is Cc1cccc(NS(=O)(=O)c2ccc(OCC(=O)Nc3ccc(C4(C#N)CC4)cc3)cc2)c1. The second-order valence-corrected chi connectivity index (χ2v) is 9.74. The number of sulfonamides is 1. The third-order valence-electron chi connectivity index (χ3n) is 5.46. The van der Waals surface area contributed by atoms with E-state index in [2.05, 4.69) is 16.1 Å². The van der Waals surface area contributed by atoms with Crippen LogP contribution in [0.3, 0.4) is 0 Å². The average Bonchev–Trinajstić information content (AvgIpc) is 3.60. The first-order chi connectivity index (χ1) is 15.8. The third-order valence-corrected chi connectivity index (χ3v) is 6.86. The zero-order valence-electron chi connectivity index (χ0n) is 18.0. The molecule has 0 saturated heterocycles. The van der Waals surface area contributed by atoms with Gasteiger partial charge in [0.1, 0.15) is 5.75 Å². The third kappa shape index (κ3) is 5.33. The highest BCUT2D eigenvalue weighted by Gasteiger charge is 2.44. The number of nitrogens with zero attached hydrogens (tertiary/aromatic N) is 1. The van der Waals surface area contributed by atoms with Crippen LogP contribution in [0.2, 0.25) is 0 Å². The van der Waals surface area contributed by atoms with Crippen LogP contribution in [0.1, 0.15) is 24.0 Å². The number of nitrogens with one attached hydrogen (secondary N) is 2. The van der Waals surface area contributed by atoms with Gasteiger partial charge in [-0.3, -0.25) is 9.52 Å². The number of aryl methyl sites for hydroxylation is 1. The van der Waals surface area contributed by atoms with E-state index >= 15 is 0 Å². The van der Waals surface area contributed by atoms with Gasteiger partial charge in [0.2, 0.25) is 0 Å². The standard InChI is InChI=1S/C25H23N3O4S/c1-18-3-2-4-21(15-18)28-33(30,31)23-11-9-22(10-12-23)32-16-24(29)27-20-7-5-19(6-8-20)25(17-26)13-14-25/h2-12,15,28H,13-14,16H2,1H3,(H,27,29). The van der Waals surface area contributed by atoms with Gasteiger partial charge in [-0.1, -0.05) is 24.3 Å². The van der Waals surface area contributed by atoms with E-state index in [1.54, 1.807) is 30.3 Å². The van der Waals surface area contributed by atoms with Gasteiger partial charge in [-0.2, -0.15) is 5.26 Å². The van der Waals surface area contributed by atoms with Crippen molar-refractivity contribution < 1.29 is 17.9 Å². The van der Waals surface area contributed by atoms with E-state index in [-0.39, 0.29) is 22.8 Å². The highest BCUT2D eigenvalue weighted by Crippen LogP contribution is 2.47. The molecule has 1 saturated carbocycles. The number of benzene rings is 3. The maximum Gasteiger partial charge on any atom is 0.262 e. The molecule has 2 N–H and O–H groups in total. The van der Waals surface area contributed by atoms with Crippen LogP contribution in [0.25, 0.3) is 0 Å². The summed E-state index contributed by atoms with van der Waals surface area (Å²) in [6.07, 6.45) is 1.73. The lowest BCUT2D eigenvalue weighted by molar-refractivity contribution is -0.118. The molecule has 168 valence electrons. The van der Waals surface area contributed by atoms with Crippen LogP contribution in [-0.4, -0.2) is 20.9 Å². The van der Waals surface area contributed by atoms with Crippen molar-refractivity contribution in [2.75, 3.05) is 16.6 Å². The molecule has 3 aromatic carbocycles. The largest absolute Gasteiger partial charge is 0.484 e. The number of hydrogen-bond donors (Lipinski definition) is 2. The van der Waals surface area contributed by atoms with Gasteiger partial charge in [0.15, 0.2) is 6.61 Å². The number of rotatable bonds is 8. The van der Waals surface area contributed by atoms with Crippen molar-refractivity contribution in [2.24, 2.45) is 0 Å². The molecule has 0 aromatic heterocycles. The molecule has 33 heavy (non-hydrogen) atoms. The van der Waals surface area contributed by atoms with Crippen molar-refractivity contribution >= 4 is 27.3 Å². The van der Waals surface area contributed by atoms with E-state index in [1.165, 1.54) is 24.3 Å². The van der Waals surface area contributed by atoms with Crippen molar-refractivity contribution in [2.45, 2.75) is 30.1 Å². The van der Waals surface area contributed by atoms with Gasteiger partial charge in [-0.25, -0.2) is 8.42 Å². The number of ether oxygens (including phenoxy) is 1. The molecule has 7 nitrogen and oxygen atoms in total. The van der Waals surface area contributed by atoms with Crippen LogP contribution in [-0.2, 0) is 20.2 Å². The molecule has 1 amide bonds. The second-order valence-electron chi connectivity index (χ2n) is 8.05. The molecule has 0 unspecified atom stereocenters. The summed E-state index contributed by atoms with van der Waals surface area (Å²) in [5, 5.41) is 12.0. The lowest BCUT2D eigenvalue weighted by Crippen LogP contribution is -2.20. The number of hydrogen-bond acceptors (Lipinski definition) is 5. The minimum Gasteiger partial charge on any atom is -0.484 e. The molecule has 0 spiro atoms. The fourth-order valence-electron chi connectivity index (χ4n) is 3.45. The minimum atomic E-state index is -3.74. The van der Waals surface area contributed by atoms with E-state index in [4.69, 9.17) is 4.74 Å². The van der Waals surface area contributed by atoms with Crippen molar-refractivity contribution in [1.29, 1.82) is 5.26 Å². The Bertz CT molecular complexity index is 1310. The van der Waals surface area contributed by atoms with Gasteiger partial charge in [0.25, 0.3) is 15.9 Å². The topological polar surface area (TPSA) is 108 Å². The summed E-state index contributed by atoms with van der Waals surface area (Å²) in [5.41, 5.74) is 2.65. The smallest absolute Gasteiger partial charge is 0.262 e. The zero-order chi connectivity index (χ0) is 23.5. The van der Waals surface area contributed by atoms with Crippen molar-refractivity contribution in [1.82, 2.24) is 0 Å². The molecular weight excluding hydrogens is 438 g/mol. The highest BCUT2D eigenvalue weighted by molar-refractivity contribution is 7.92. The fourth-order valence-corrected chi connectivity index (χ4v) is 4.50. The van der Waals surface area contributed by atoms with E-state index in [1.807, 2.05) is 25.1 Å². The Morgan fingerprint density at radius 2 is 1.73 bits per heavy atom. The van der Waals surface area contributed by atoms with E-state index < -0.39 is 10.0 Å². The summed E-state index contributed by atoms with van der Waals surface area (Å²) in [6.45, 7) is 1.66. The molecule has 8 heteroatoms. The van der Waals surface area contributed by atoms with E-state index in [0.29, 0.717) is 17.1 Å². The maximum absolute atomic E-state index is 12.6. The Balaban J connectivity index is 1.31. The summed E-state index contributed by atoms with van der Waals surface area (Å²) in [4.78, 5) is 12.3. The molecule has 0 bridgehead atoms. The van der Waals surface area contributed by atoms with Crippen molar-refractivity contribution in [3.63, 3.8) is 0 Å². The monoisotopic (exact) mass is 461 g/mol. The van der Waals surface area contributed by atoms with Crippen LogP contribution in [0.4, 0.5) is 11.4 Å².